The third-order valence-corrected chi connectivity index (χ3v) is 5.42. The molecular formula is C28H30O5. The Morgan fingerprint density at radius 3 is 1.73 bits per heavy atom. The molecule has 3 atom stereocenters. The maximum Gasteiger partial charge on any atom is 0.277 e. The summed E-state index contributed by atoms with van der Waals surface area (Å²) in [6.07, 6.45) is 0.761. The lowest BCUT2D eigenvalue weighted by Crippen LogP contribution is -2.47. The largest absolute Gasteiger partial charge is 0.469 e. The molecule has 3 aromatic carbocycles. The van der Waals surface area contributed by atoms with Crippen LogP contribution in [0.25, 0.3) is 0 Å². The molecule has 0 saturated heterocycles. The first-order valence-electron chi connectivity index (χ1n) is 11.2. The Morgan fingerprint density at radius 1 is 0.667 bits per heavy atom. The minimum Gasteiger partial charge on any atom is -0.469 e. The van der Waals surface area contributed by atoms with E-state index < -0.39 is 0 Å². The van der Waals surface area contributed by atoms with Gasteiger partial charge in [-0.25, -0.2) is 0 Å². The van der Waals surface area contributed by atoms with E-state index in [1.807, 2.05) is 97.1 Å². The van der Waals surface area contributed by atoms with Gasteiger partial charge in [-0.2, -0.15) is 0 Å². The van der Waals surface area contributed by atoms with E-state index in [1.54, 1.807) is 7.11 Å². The second-order valence-corrected chi connectivity index (χ2v) is 7.87. The lowest BCUT2D eigenvalue weighted by Gasteiger charge is -2.36. The van der Waals surface area contributed by atoms with Crippen molar-refractivity contribution in [2.24, 2.45) is 0 Å². The highest BCUT2D eigenvalue weighted by molar-refractivity contribution is 5.16. The summed E-state index contributed by atoms with van der Waals surface area (Å²) in [7, 11) is 1.59. The molecule has 1 aliphatic heterocycles. The van der Waals surface area contributed by atoms with Crippen molar-refractivity contribution in [3.05, 3.63) is 120 Å². The van der Waals surface area contributed by atoms with Crippen LogP contribution >= 0.6 is 0 Å². The van der Waals surface area contributed by atoms with Gasteiger partial charge >= 0.3 is 0 Å². The van der Waals surface area contributed by atoms with Gasteiger partial charge < -0.3 is 23.7 Å². The normalized spacial score (nSPS) is 20.0. The van der Waals surface area contributed by atoms with E-state index in [9.17, 15) is 0 Å². The smallest absolute Gasteiger partial charge is 0.277 e. The van der Waals surface area contributed by atoms with Gasteiger partial charge in [-0.05, 0) is 16.7 Å². The molecule has 5 nitrogen and oxygen atoms in total. The Labute approximate surface area is 195 Å². The monoisotopic (exact) mass is 446 g/mol. The number of benzene rings is 3. The van der Waals surface area contributed by atoms with Crippen molar-refractivity contribution in [3.8, 4) is 0 Å². The standard InChI is InChI=1S/C28H30O5/c1-29-27-17-25(31-19-23-13-7-3-8-14-23)28(32-20-24-15-9-4-10-16-24)26(33-27)21-30-18-22-11-5-2-6-12-22/h2-17,25-26,28H,18-21H2,1H3/t25-,26-,28+/m1/s1. The zero-order chi connectivity index (χ0) is 22.7. The molecule has 0 amide bonds. The number of rotatable bonds is 11. The quantitative estimate of drug-likeness (QED) is 0.402. The highest BCUT2D eigenvalue weighted by atomic mass is 16.7. The Kier molecular flexibility index (Phi) is 8.53. The van der Waals surface area contributed by atoms with E-state index in [0.717, 1.165) is 16.7 Å². The molecule has 0 fully saturated rings. The maximum atomic E-state index is 6.35. The SMILES string of the molecule is COC1=C[C@@H](OCc2ccccc2)[C@H](OCc2ccccc2)[C@@H](COCc2ccccc2)O1. The zero-order valence-electron chi connectivity index (χ0n) is 18.8. The molecule has 172 valence electrons. The summed E-state index contributed by atoms with van der Waals surface area (Å²) in [5, 5.41) is 0. The van der Waals surface area contributed by atoms with E-state index >= 15 is 0 Å². The highest BCUT2D eigenvalue weighted by Gasteiger charge is 2.37. The lowest BCUT2D eigenvalue weighted by atomic mass is 10.0. The molecule has 0 N–H and O–H groups in total. The van der Waals surface area contributed by atoms with E-state index in [-0.39, 0.29) is 18.3 Å². The first-order chi connectivity index (χ1) is 16.3. The first-order valence-corrected chi connectivity index (χ1v) is 11.2. The molecule has 4 rings (SSSR count). The number of methoxy groups -OCH3 is 1. The minimum absolute atomic E-state index is 0.344. The average molecular weight is 447 g/mol. The first kappa shape index (κ1) is 23.1. The average Bonchev–Trinajstić information content (AvgIpc) is 2.88. The lowest BCUT2D eigenvalue weighted by molar-refractivity contribution is -0.171. The number of ether oxygens (including phenoxy) is 5. The summed E-state index contributed by atoms with van der Waals surface area (Å²) in [6.45, 7) is 1.75. The van der Waals surface area contributed by atoms with Gasteiger partial charge in [0.1, 0.15) is 12.2 Å². The van der Waals surface area contributed by atoms with Gasteiger partial charge in [0.2, 0.25) is 0 Å². The third kappa shape index (κ3) is 6.93. The fourth-order valence-electron chi connectivity index (χ4n) is 3.69. The van der Waals surface area contributed by atoms with Crippen LogP contribution in [0.4, 0.5) is 0 Å². The van der Waals surface area contributed by atoms with Crippen LogP contribution in [0.3, 0.4) is 0 Å². The molecule has 0 unspecified atom stereocenters. The topological polar surface area (TPSA) is 46.2 Å². The van der Waals surface area contributed by atoms with E-state index in [1.165, 1.54) is 0 Å². The summed E-state index contributed by atoms with van der Waals surface area (Å²) in [5.41, 5.74) is 3.29. The summed E-state index contributed by atoms with van der Waals surface area (Å²) in [6, 6.07) is 30.2. The molecular weight excluding hydrogens is 416 g/mol. The van der Waals surface area contributed by atoms with Crippen molar-refractivity contribution in [1.29, 1.82) is 0 Å². The van der Waals surface area contributed by atoms with Crippen LogP contribution in [0.15, 0.2) is 103 Å². The molecule has 0 saturated carbocycles. The predicted molar refractivity (Wildman–Crippen MR) is 126 cm³/mol. The number of hydrogen-bond donors (Lipinski definition) is 0. The molecule has 5 heteroatoms. The van der Waals surface area contributed by atoms with Gasteiger partial charge in [0.15, 0.2) is 6.10 Å². The minimum atomic E-state index is -0.377. The number of hydrogen-bond acceptors (Lipinski definition) is 5. The molecule has 0 aromatic heterocycles. The fourth-order valence-corrected chi connectivity index (χ4v) is 3.69. The summed E-state index contributed by atoms with van der Waals surface area (Å²) >= 11 is 0. The second-order valence-electron chi connectivity index (χ2n) is 7.87. The van der Waals surface area contributed by atoms with Crippen molar-refractivity contribution in [3.63, 3.8) is 0 Å². The molecule has 33 heavy (non-hydrogen) atoms. The fraction of sp³-hybridized carbons (Fsp3) is 0.286. The van der Waals surface area contributed by atoms with Gasteiger partial charge in [-0.3, -0.25) is 0 Å². The molecule has 0 radical (unpaired) electrons. The highest BCUT2D eigenvalue weighted by Crippen LogP contribution is 2.26. The Hall–Kier alpha value is -3.12. The van der Waals surface area contributed by atoms with E-state index in [2.05, 4.69) is 0 Å². The molecule has 1 heterocycles. The van der Waals surface area contributed by atoms with Gasteiger partial charge in [0.25, 0.3) is 5.95 Å². The molecule has 1 aliphatic rings. The van der Waals surface area contributed by atoms with Crippen molar-refractivity contribution in [2.45, 2.75) is 38.1 Å². The Morgan fingerprint density at radius 2 is 1.18 bits per heavy atom. The van der Waals surface area contributed by atoms with Crippen LogP contribution in [0.5, 0.6) is 0 Å². The van der Waals surface area contributed by atoms with Crippen LogP contribution in [0.2, 0.25) is 0 Å². The van der Waals surface area contributed by atoms with Gasteiger partial charge in [-0.1, -0.05) is 91.0 Å². The molecule has 0 bridgehead atoms. The predicted octanol–water partition coefficient (Wildman–Crippen LogP) is 5.26. The van der Waals surface area contributed by atoms with Crippen LogP contribution in [-0.2, 0) is 43.5 Å². The van der Waals surface area contributed by atoms with Crippen LogP contribution in [0.1, 0.15) is 16.7 Å². The second kappa shape index (κ2) is 12.2. The van der Waals surface area contributed by atoms with Crippen molar-refractivity contribution < 1.29 is 23.7 Å². The van der Waals surface area contributed by atoms with Crippen molar-refractivity contribution >= 4 is 0 Å². The van der Waals surface area contributed by atoms with Crippen LogP contribution < -0.4 is 0 Å². The Bertz CT molecular complexity index is 975. The molecule has 3 aromatic rings. The van der Waals surface area contributed by atoms with Gasteiger partial charge in [-0.15, -0.1) is 0 Å². The third-order valence-electron chi connectivity index (χ3n) is 5.42. The van der Waals surface area contributed by atoms with E-state index in [4.69, 9.17) is 23.7 Å². The van der Waals surface area contributed by atoms with Crippen molar-refractivity contribution in [1.82, 2.24) is 0 Å². The molecule has 0 spiro atoms. The van der Waals surface area contributed by atoms with E-state index in [0.29, 0.717) is 32.4 Å². The summed E-state index contributed by atoms with van der Waals surface area (Å²) < 4.78 is 30.1. The molecule has 0 aliphatic carbocycles. The van der Waals surface area contributed by atoms with Crippen LogP contribution in [0, 0.1) is 0 Å². The zero-order valence-corrected chi connectivity index (χ0v) is 18.8. The van der Waals surface area contributed by atoms with Crippen molar-refractivity contribution in [2.75, 3.05) is 13.7 Å². The van der Waals surface area contributed by atoms with Crippen LogP contribution in [-0.4, -0.2) is 32.0 Å². The summed E-state index contributed by atoms with van der Waals surface area (Å²) in [4.78, 5) is 0. The maximum absolute atomic E-state index is 6.35. The van der Waals surface area contributed by atoms with Gasteiger partial charge in [0, 0.05) is 6.08 Å². The Balaban J connectivity index is 1.46. The summed E-state index contributed by atoms with van der Waals surface area (Å²) in [5.74, 6) is 0.418. The van der Waals surface area contributed by atoms with Gasteiger partial charge in [0.05, 0.1) is 33.5 Å².